The first-order chi connectivity index (χ1) is 7.67. The Hall–Kier alpha value is -1.51. The lowest BCUT2D eigenvalue weighted by molar-refractivity contribution is -0.142. The van der Waals surface area contributed by atoms with E-state index in [4.69, 9.17) is 4.74 Å². The predicted octanol–water partition coefficient (Wildman–Crippen LogP) is 2.25. The van der Waals surface area contributed by atoms with E-state index in [2.05, 4.69) is 11.8 Å². The normalized spacial score (nSPS) is 9.94. The lowest BCUT2D eigenvalue weighted by atomic mass is 10.1. The second kappa shape index (κ2) is 6.16. The van der Waals surface area contributed by atoms with Gasteiger partial charge < -0.3 is 9.64 Å². The molecule has 88 valence electrons. The number of benzene rings is 1. The van der Waals surface area contributed by atoms with Crippen molar-refractivity contribution in [1.82, 2.24) is 0 Å². The van der Waals surface area contributed by atoms with Gasteiger partial charge in [-0.05, 0) is 31.5 Å². The highest BCUT2D eigenvalue weighted by atomic mass is 16.5. The summed E-state index contributed by atoms with van der Waals surface area (Å²) in [6.07, 6.45) is 0.351. The molecule has 3 nitrogen and oxygen atoms in total. The van der Waals surface area contributed by atoms with Crippen molar-refractivity contribution in [3.63, 3.8) is 0 Å². The number of hydrogen-bond donors (Lipinski definition) is 0. The van der Waals surface area contributed by atoms with Crippen LogP contribution in [0, 0.1) is 0 Å². The average molecular weight is 221 g/mol. The number of nitrogens with zero attached hydrogens (tertiary/aromatic N) is 1. The van der Waals surface area contributed by atoms with Crippen molar-refractivity contribution in [2.45, 2.75) is 20.3 Å². The van der Waals surface area contributed by atoms with Crippen molar-refractivity contribution in [3.8, 4) is 0 Å². The van der Waals surface area contributed by atoms with Crippen LogP contribution in [0.5, 0.6) is 0 Å². The molecule has 0 atom stereocenters. The van der Waals surface area contributed by atoms with Crippen LogP contribution < -0.4 is 4.90 Å². The molecule has 0 fully saturated rings. The molecular weight excluding hydrogens is 202 g/mol. The van der Waals surface area contributed by atoms with Gasteiger partial charge in [-0.3, -0.25) is 4.79 Å². The standard InChI is InChI=1S/C13H19NO2/c1-4-14(3)12-8-6-11(7-9-12)10-13(15)16-5-2/h6-9H,4-5,10H2,1-3H3. The highest BCUT2D eigenvalue weighted by Crippen LogP contribution is 2.13. The Morgan fingerprint density at radius 2 is 1.88 bits per heavy atom. The van der Waals surface area contributed by atoms with E-state index in [9.17, 15) is 4.79 Å². The summed E-state index contributed by atoms with van der Waals surface area (Å²) in [6.45, 7) is 5.33. The molecule has 1 aromatic rings. The van der Waals surface area contributed by atoms with Gasteiger partial charge in [0, 0.05) is 19.3 Å². The Kier molecular flexibility index (Phi) is 4.83. The monoisotopic (exact) mass is 221 g/mol. The van der Waals surface area contributed by atoms with Crippen molar-refractivity contribution in [2.75, 3.05) is 25.1 Å². The first kappa shape index (κ1) is 12.6. The van der Waals surface area contributed by atoms with Gasteiger partial charge in [0.15, 0.2) is 0 Å². The quantitative estimate of drug-likeness (QED) is 0.714. The van der Waals surface area contributed by atoms with Gasteiger partial charge in [0.05, 0.1) is 13.0 Å². The summed E-state index contributed by atoms with van der Waals surface area (Å²) in [5.74, 6) is -0.168. The van der Waals surface area contributed by atoms with Gasteiger partial charge in [-0.25, -0.2) is 0 Å². The van der Waals surface area contributed by atoms with Crippen molar-refractivity contribution >= 4 is 11.7 Å². The molecule has 1 rings (SSSR count). The molecule has 0 bridgehead atoms. The first-order valence-corrected chi connectivity index (χ1v) is 5.63. The molecule has 1 aromatic carbocycles. The minimum atomic E-state index is -0.168. The first-order valence-electron chi connectivity index (χ1n) is 5.63. The maximum atomic E-state index is 11.3. The van der Waals surface area contributed by atoms with E-state index < -0.39 is 0 Å². The van der Waals surface area contributed by atoms with Gasteiger partial charge >= 0.3 is 5.97 Å². The Morgan fingerprint density at radius 3 is 2.38 bits per heavy atom. The number of anilines is 1. The third-order valence-electron chi connectivity index (χ3n) is 2.51. The molecule has 0 spiro atoms. The third-order valence-corrected chi connectivity index (χ3v) is 2.51. The molecule has 0 unspecified atom stereocenters. The number of hydrogen-bond acceptors (Lipinski definition) is 3. The summed E-state index contributed by atoms with van der Waals surface area (Å²) in [4.78, 5) is 13.4. The number of ether oxygens (including phenoxy) is 1. The van der Waals surface area contributed by atoms with Crippen LogP contribution in [0.2, 0.25) is 0 Å². The Bertz CT molecular complexity index is 332. The van der Waals surface area contributed by atoms with Crippen LogP contribution >= 0.6 is 0 Å². The minimum absolute atomic E-state index is 0.168. The van der Waals surface area contributed by atoms with Gasteiger partial charge in [-0.1, -0.05) is 12.1 Å². The molecule has 0 saturated carbocycles. The van der Waals surface area contributed by atoms with Crippen LogP contribution in [0.15, 0.2) is 24.3 Å². The van der Waals surface area contributed by atoms with Crippen LogP contribution in [0.1, 0.15) is 19.4 Å². The fourth-order valence-corrected chi connectivity index (χ4v) is 1.43. The number of carbonyl (C=O) groups excluding carboxylic acids is 1. The number of carbonyl (C=O) groups is 1. The van der Waals surface area contributed by atoms with E-state index in [-0.39, 0.29) is 5.97 Å². The number of rotatable bonds is 5. The molecule has 0 aromatic heterocycles. The average Bonchev–Trinajstić information content (AvgIpc) is 2.29. The van der Waals surface area contributed by atoms with Crippen LogP contribution in [0.3, 0.4) is 0 Å². The van der Waals surface area contributed by atoms with Gasteiger partial charge in [0.25, 0.3) is 0 Å². The van der Waals surface area contributed by atoms with Crippen LogP contribution in [0.25, 0.3) is 0 Å². The highest BCUT2D eigenvalue weighted by molar-refractivity contribution is 5.72. The number of esters is 1. The van der Waals surface area contributed by atoms with E-state index >= 15 is 0 Å². The van der Waals surface area contributed by atoms with Crippen molar-refractivity contribution in [2.24, 2.45) is 0 Å². The zero-order chi connectivity index (χ0) is 12.0. The molecule has 0 aliphatic heterocycles. The summed E-state index contributed by atoms with van der Waals surface area (Å²) in [5, 5.41) is 0. The summed E-state index contributed by atoms with van der Waals surface area (Å²) in [5.41, 5.74) is 2.15. The van der Waals surface area contributed by atoms with Gasteiger partial charge in [-0.2, -0.15) is 0 Å². The lowest BCUT2D eigenvalue weighted by Gasteiger charge is -2.16. The maximum absolute atomic E-state index is 11.3. The topological polar surface area (TPSA) is 29.5 Å². The Labute approximate surface area is 97.0 Å². The Balaban J connectivity index is 2.61. The van der Waals surface area contributed by atoms with Crippen LogP contribution in [-0.4, -0.2) is 26.2 Å². The third kappa shape index (κ3) is 3.57. The van der Waals surface area contributed by atoms with Gasteiger partial charge in [0.1, 0.15) is 0 Å². The molecule has 0 heterocycles. The minimum Gasteiger partial charge on any atom is -0.466 e. The van der Waals surface area contributed by atoms with E-state index in [1.54, 1.807) is 0 Å². The SMILES string of the molecule is CCOC(=O)Cc1ccc(N(C)CC)cc1. The van der Waals surface area contributed by atoms with Crippen molar-refractivity contribution < 1.29 is 9.53 Å². The van der Waals surface area contributed by atoms with Gasteiger partial charge in [-0.15, -0.1) is 0 Å². The summed E-state index contributed by atoms with van der Waals surface area (Å²) in [7, 11) is 2.04. The molecule has 0 aliphatic rings. The molecule has 3 heteroatoms. The zero-order valence-corrected chi connectivity index (χ0v) is 10.2. The lowest BCUT2D eigenvalue weighted by Crippen LogP contribution is -2.15. The van der Waals surface area contributed by atoms with Crippen molar-refractivity contribution in [3.05, 3.63) is 29.8 Å². The summed E-state index contributed by atoms with van der Waals surface area (Å²) in [6, 6.07) is 7.99. The van der Waals surface area contributed by atoms with E-state index in [1.165, 1.54) is 0 Å². The smallest absolute Gasteiger partial charge is 0.310 e. The fraction of sp³-hybridized carbons (Fsp3) is 0.462. The highest BCUT2D eigenvalue weighted by Gasteiger charge is 2.04. The summed E-state index contributed by atoms with van der Waals surface area (Å²) < 4.78 is 4.90. The predicted molar refractivity (Wildman–Crippen MR) is 65.7 cm³/mol. The molecule has 16 heavy (non-hydrogen) atoms. The Morgan fingerprint density at radius 1 is 1.25 bits per heavy atom. The van der Waals surface area contributed by atoms with E-state index in [1.807, 2.05) is 38.2 Å². The zero-order valence-electron chi connectivity index (χ0n) is 10.2. The maximum Gasteiger partial charge on any atom is 0.310 e. The molecule has 0 saturated heterocycles. The van der Waals surface area contributed by atoms with Crippen LogP contribution in [-0.2, 0) is 16.0 Å². The second-order valence-electron chi connectivity index (χ2n) is 3.66. The van der Waals surface area contributed by atoms with Crippen LogP contribution in [0.4, 0.5) is 5.69 Å². The molecular formula is C13H19NO2. The molecule has 0 amide bonds. The largest absolute Gasteiger partial charge is 0.466 e. The summed E-state index contributed by atoms with van der Waals surface area (Å²) >= 11 is 0. The molecule has 0 radical (unpaired) electrons. The molecule has 0 aliphatic carbocycles. The fourth-order valence-electron chi connectivity index (χ4n) is 1.43. The molecule has 0 N–H and O–H groups in total. The van der Waals surface area contributed by atoms with Crippen molar-refractivity contribution in [1.29, 1.82) is 0 Å². The second-order valence-corrected chi connectivity index (χ2v) is 3.66. The van der Waals surface area contributed by atoms with E-state index in [0.29, 0.717) is 13.0 Å². The van der Waals surface area contributed by atoms with Gasteiger partial charge in [0.2, 0.25) is 0 Å². The van der Waals surface area contributed by atoms with E-state index in [0.717, 1.165) is 17.8 Å².